The summed E-state index contributed by atoms with van der Waals surface area (Å²) < 4.78 is 39.1. The van der Waals surface area contributed by atoms with Gasteiger partial charge in [0.15, 0.2) is 0 Å². The van der Waals surface area contributed by atoms with E-state index in [-0.39, 0.29) is 20.6 Å². The highest BCUT2D eigenvalue weighted by Gasteiger charge is 2.26. The largest absolute Gasteiger partial charge is 0.497 e. The maximum Gasteiger partial charge on any atom is 0.206 e. The molecule has 0 N–H and O–H groups in total. The van der Waals surface area contributed by atoms with Gasteiger partial charge in [-0.15, -0.1) is 0 Å². The summed E-state index contributed by atoms with van der Waals surface area (Å²) >= 11 is 0. The Bertz CT molecular complexity index is 1620. The van der Waals surface area contributed by atoms with Gasteiger partial charge in [0.05, 0.1) is 38.0 Å². The summed E-state index contributed by atoms with van der Waals surface area (Å²) in [5, 5.41) is 0. The number of quaternary nitrogens is 1. The molecule has 0 unspecified atom stereocenters. The average Bonchev–Trinajstić information content (AvgIpc) is 2.93. The molecular weight excluding hydrogens is 542 g/mol. The summed E-state index contributed by atoms with van der Waals surface area (Å²) in [6.07, 6.45) is 0. The van der Waals surface area contributed by atoms with Crippen LogP contribution < -0.4 is 9.47 Å². The highest BCUT2D eigenvalue weighted by atomic mass is 32.2. The summed E-state index contributed by atoms with van der Waals surface area (Å²) in [5.74, 6) is 2.17. The first-order valence-corrected chi connectivity index (χ1v) is 15.7. The monoisotopic (exact) mass is 586 g/mol. The van der Waals surface area contributed by atoms with E-state index in [2.05, 4.69) is 80.0 Å². The Morgan fingerprint density at radius 3 is 1.62 bits per heavy atom. The van der Waals surface area contributed by atoms with Crippen molar-refractivity contribution in [2.24, 2.45) is 0 Å². The van der Waals surface area contributed by atoms with E-state index in [1.54, 1.807) is 43.5 Å². The lowest BCUT2D eigenvalue weighted by molar-refractivity contribution is -0.884. The fourth-order valence-electron chi connectivity index (χ4n) is 4.96. The van der Waals surface area contributed by atoms with E-state index in [0.29, 0.717) is 5.75 Å². The standard InChI is InChI=1S/C36H44NO4S/c1-35(2,3)27-12-19-32(20-13-27)42(38,39)33-21-17-31(18-22-33)41-34-23-14-29(24-26(34)25-37(6,7)8)36(4,5)28-10-15-30(40-9)16-11-28/h10-24H,25H2,1-9H3/q+1. The van der Waals surface area contributed by atoms with Crippen LogP contribution in [0.5, 0.6) is 17.2 Å². The molecule has 0 aliphatic rings. The molecule has 0 saturated heterocycles. The first-order chi connectivity index (χ1) is 19.5. The van der Waals surface area contributed by atoms with Crippen molar-refractivity contribution >= 4 is 9.84 Å². The van der Waals surface area contributed by atoms with Crippen LogP contribution >= 0.6 is 0 Å². The molecule has 4 aromatic rings. The van der Waals surface area contributed by atoms with Gasteiger partial charge in [-0.3, -0.25) is 0 Å². The van der Waals surface area contributed by atoms with E-state index in [9.17, 15) is 8.42 Å². The predicted molar refractivity (Wildman–Crippen MR) is 170 cm³/mol. The molecule has 0 saturated carbocycles. The van der Waals surface area contributed by atoms with Crippen molar-refractivity contribution in [2.75, 3.05) is 28.3 Å². The van der Waals surface area contributed by atoms with E-state index < -0.39 is 9.84 Å². The number of methoxy groups -OCH3 is 1. The third kappa shape index (κ3) is 7.05. The molecule has 222 valence electrons. The molecule has 6 heteroatoms. The molecule has 0 aromatic heterocycles. The van der Waals surface area contributed by atoms with Crippen molar-refractivity contribution < 1.29 is 22.4 Å². The smallest absolute Gasteiger partial charge is 0.206 e. The zero-order chi connectivity index (χ0) is 30.9. The number of benzene rings is 4. The van der Waals surface area contributed by atoms with Crippen LogP contribution in [0.1, 0.15) is 56.9 Å². The predicted octanol–water partition coefficient (Wildman–Crippen LogP) is 8.15. The lowest BCUT2D eigenvalue weighted by Gasteiger charge is -2.29. The van der Waals surface area contributed by atoms with Crippen molar-refractivity contribution in [3.05, 3.63) is 113 Å². The Labute approximate surface area is 252 Å². The second kappa shape index (κ2) is 11.6. The van der Waals surface area contributed by atoms with E-state index >= 15 is 0 Å². The Morgan fingerprint density at radius 2 is 1.12 bits per heavy atom. The van der Waals surface area contributed by atoms with Crippen molar-refractivity contribution in [1.82, 2.24) is 0 Å². The molecule has 0 radical (unpaired) electrons. The van der Waals surface area contributed by atoms with Crippen LogP contribution in [0.4, 0.5) is 0 Å². The summed E-state index contributed by atoms with van der Waals surface area (Å²) in [6, 6.07) is 28.4. The highest BCUT2D eigenvalue weighted by Crippen LogP contribution is 2.37. The molecule has 0 aliphatic carbocycles. The number of hydrogen-bond donors (Lipinski definition) is 0. The van der Waals surface area contributed by atoms with Crippen LogP contribution in [-0.4, -0.2) is 41.2 Å². The minimum Gasteiger partial charge on any atom is -0.497 e. The van der Waals surface area contributed by atoms with Crippen LogP contribution in [0.3, 0.4) is 0 Å². The normalized spacial score (nSPS) is 12.7. The molecule has 0 heterocycles. The molecule has 0 bridgehead atoms. The average molecular weight is 587 g/mol. The fraction of sp³-hybridized carbons (Fsp3) is 0.333. The van der Waals surface area contributed by atoms with Crippen LogP contribution in [0, 0.1) is 0 Å². The zero-order valence-electron chi connectivity index (χ0n) is 26.4. The van der Waals surface area contributed by atoms with E-state index in [1.807, 2.05) is 30.3 Å². The second-order valence-corrected chi connectivity index (χ2v) is 15.4. The number of sulfone groups is 1. The molecule has 42 heavy (non-hydrogen) atoms. The van der Waals surface area contributed by atoms with Gasteiger partial charge in [-0.05, 0) is 82.8 Å². The quantitative estimate of drug-likeness (QED) is 0.186. The summed E-state index contributed by atoms with van der Waals surface area (Å²) in [6.45, 7) is 11.5. The van der Waals surface area contributed by atoms with Gasteiger partial charge >= 0.3 is 0 Å². The molecule has 0 aliphatic heterocycles. The van der Waals surface area contributed by atoms with Crippen LogP contribution in [0.25, 0.3) is 0 Å². The minimum atomic E-state index is -3.64. The van der Waals surface area contributed by atoms with E-state index in [1.165, 1.54) is 11.1 Å². The number of ether oxygens (including phenoxy) is 2. The fourth-order valence-corrected chi connectivity index (χ4v) is 6.22. The Kier molecular flexibility index (Phi) is 8.64. The van der Waals surface area contributed by atoms with Gasteiger partial charge in [0, 0.05) is 11.0 Å². The Balaban J connectivity index is 1.61. The summed E-state index contributed by atoms with van der Waals surface area (Å²) in [4.78, 5) is 0.519. The maximum absolute atomic E-state index is 13.3. The number of rotatable bonds is 9. The van der Waals surface area contributed by atoms with Crippen LogP contribution in [0.15, 0.2) is 101 Å². The number of hydrogen-bond acceptors (Lipinski definition) is 4. The molecule has 4 aromatic carbocycles. The second-order valence-electron chi connectivity index (χ2n) is 13.5. The maximum atomic E-state index is 13.3. The van der Waals surface area contributed by atoms with Crippen LogP contribution in [-0.2, 0) is 27.2 Å². The first kappa shape index (κ1) is 31.3. The Hall–Kier alpha value is -3.61. The van der Waals surface area contributed by atoms with Gasteiger partial charge in [-0.1, -0.05) is 65.0 Å². The van der Waals surface area contributed by atoms with Crippen molar-refractivity contribution in [1.29, 1.82) is 0 Å². The van der Waals surface area contributed by atoms with Gasteiger partial charge in [-0.25, -0.2) is 8.42 Å². The summed E-state index contributed by atoms with van der Waals surface area (Å²) in [7, 11) is 4.49. The van der Waals surface area contributed by atoms with Crippen molar-refractivity contribution in [3.63, 3.8) is 0 Å². The molecule has 0 spiro atoms. The van der Waals surface area contributed by atoms with Gasteiger partial charge in [0.25, 0.3) is 0 Å². The SMILES string of the molecule is COc1ccc(C(C)(C)c2ccc(Oc3ccc(S(=O)(=O)c4ccc(C(C)(C)C)cc4)cc3)c(C[N+](C)(C)C)c2)cc1. The summed E-state index contributed by atoms with van der Waals surface area (Å²) in [5.41, 5.74) is 4.27. The third-order valence-corrected chi connectivity index (χ3v) is 9.42. The van der Waals surface area contributed by atoms with Gasteiger partial charge in [-0.2, -0.15) is 0 Å². The zero-order valence-corrected chi connectivity index (χ0v) is 27.2. The molecule has 4 rings (SSSR count). The topological polar surface area (TPSA) is 52.6 Å². The highest BCUT2D eigenvalue weighted by molar-refractivity contribution is 7.91. The lowest BCUT2D eigenvalue weighted by Crippen LogP contribution is -2.33. The molecule has 0 amide bonds. The van der Waals surface area contributed by atoms with Crippen molar-refractivity contribution in [2.45, 2.75) is 61.8 Å². The van der Waals surface area contributed by atoms with Gasteiger partial charge in [0.1, 0.15) is 23.8 Å². The van der Waals surface area contributed by atoms with E-state index in [4.69, 9.17) is 9.47 Å². The number of nitrogens with zero attached hydrogens (tertiary/aromatic N) is 1. The van der Waals surface area contributed by atoms with E-state index in [0.717, 1.165) is 33.7 Å². The lowest BCUT2D eigenvalue weighted by atomic mass is 9.77. The first-order valence-electron chi connectivity index (χ1n) is 14.2. The molecular formula is C36H44NO4S+. The Morgan fingerprint density at radius 1 is 0.643 bits per heavy atom. The van der Waals surface area contributed by atoms with Gasteiger partial charge < -0.3 is 14.0 Å². The van der Waals surface area contributed by atoms with Gasteiger partial charge in [0.2, 0.25) is 9.84 Å². The molecule has 5 nitrogen and oxygen atoms in total. The van der Waals surface area contributed by atoms with Crippen molar-refractivity contribution in [3.8, 4) is 17.2 Å². The molecule has 0 fully saturated rings. The molecule has 0 atom stereocenters. The third-order valence-electron chi connectivity index (χ3n) is 7.63. The van der Waals surface area contributed by atoms with Crippen LogP contribution in [0.2, 0.25) is 0 Å². The minimum absolute atomic E-state index is 0.0460.